The zero-order valence-corrected chi connectivity index (χ0v) is 20.2. The van der Waals surface area contributed by atoms with Gasteiger partial charge in [0.1, 0.15) is 10.5 Å². The molecule has 0 N–H and O–H groups in total. The molecule has 1 aliphatic carbocycles. The van der Waals surface area contributed by atoms with Gasteiger partial charge in [0.2, 0.25) is 0 Å². The Bertz CT molecular complexity index is 1120. The lowest BCUT2D eigenvalue weighted by molar-refractivity contribution is -0.113. The Morgan fingerprint density at radius 3 is 1.91 bits per heavy atom. The van der Waals surface area contributed by atoms with Crippen LogP contribution in [0.1, 0.15) is 13.3 Å². The van der Waals surface area contributed by atoms with Crippen LogP contribution in [-0.2, 0) is 9.53 Å². The molecule has 2 heterocycles. The van der Waals surface area contributed by atoms with Crippen LogP contribution in [0.5, 0.6) is 0 Å². The van der Waals surface area contributed by atoms with Crippen molar-refractivity contribution in [3.8, 4) is 0 Å². The predicted octanol–water partition coefficient (Wildman–Crippen LogP) is 5.51. The fourth-order valence-corrected chi connectivity index (χ4v) is 9.99. The monoisotopic (exact) mass is 446 g/mol. The molecule has 5 rings (SSSR count). The number of hydrogen-bond acceptors (Lipinski definition) is 4. The Labute approximate surface area is 192 Å². The van der Waals surface area contributed by atoms with Crippen molar-refractivity contribution in [2.45, 2.75) is 27.9 Å². The van der Waals surface area contributed by atoms with E-state index in [1.807, 2.05) is 0 Å². The molecule has 3 aliphatic rings. The number of Topliss-reactive ketones (excluding diaryl/α,β-unsaturated/α-hetero) is 1. The molecule has 1 spiro atoms. The lowest BCUT2D eigenvalue weighted by atomic mass is 9.88. The highest BCUT2D eigenvalue weighted by atomic mass is 32.3. The average molecular weight is 447 g/mol. The second kappa shape index (κ2) is 7.31. The molecule has 1 saturated heterocycles. The van der Waals surface area contributed by atoms with E-state index >= 15 is 0 Å². The third kappa shape index (κ3) is 2.73. The van der Waals surface area contributed by atoms with Crippen molar-refractivity contribution in [2.24, 2.45) is 0 Å². The number of ketones is 1. The van der Waals surface area contributed by atoms with E-state index in [9.17, 15) is 4.79 Å². The molecule has 32 heavy (non-hydrogen) atoms. The number of anilines is 2. The Kier molecular flexibility index (Phi) is 4.79. The maximum atomic E-state index is 13.5. The second-order valence-electron chi connectivity index (χ2n) is 9.22. The van der Waals surface area contributed by atoms with Crippen molar-refractivity contribution in [1.29, 1.82) is 0 Å². The zero-order valence-electron chi connectivity index (χ0n) is 19.4. The predicted molar refractivity (Wildman–Crippen MR) is 134 cm³/mol. The lowest BCUT2D eigenvalue weighted by Crippen LogP contribution is -2.35. The molecule has 0 radical (unpaired) electrons. The topological polar surface area (TPSA) is 32.8 Å². The molecule has 4 nitrogen and oxygen atoms in total. The van der Waals surface area contributed by atoms with Crippen molar-refractivity contribution in [2.75, 3.05) is 43.7 Å². The molecule has 2 aliphatic heterocycles. The summed E-state index contributed by atoms with van der Waals surface area (Å²) in [5.41, 5.74) is 4.35. The number of nitrogens with zero attached hydrogens (tertiary/aromatic N) is 2. The molecule has 2 aromatic rings. The van der Waals surface area contributed by atoms with Gasteiger partial charge < -0.3 is 14.5 Å². The Hall–Kier alpha value is -2.92. The van der Waals surface area contributed by atoms with Crippen LogP contribution in [0.25, 0.3) is 0 Å². The summed E-state index contributed by atoms with van der Waals surface area (Å²) < 4.78 is 5.69. The molecule has 0 amide bonds. The van der Waals surface area contributed by atoms with Crippen LogP contribution >= 0.6 is 10.0 Å². The molecular formula is C27H30N2O2S. The van der Waals surface area contributed by atoms with Crippen LogP contribution in [0.3, 0.4) is 0 Å². The summed E-state index contributed by atoms with van der Waals surface area (Å²) in [6.07, 6.45) is 6.94. The van der Waals surface area contributed by atoms with Gasteiger partial charge in [-0.3, -0.25) is 4.79 Å². The SMILES string of the molecule is CC1=CCC23C(=C1)OC=C2C(=O)CS3(c1ccc(N(C)C)cc1)c1ccc(N(C)C)cc1. The summed E-state index contributed by atoms with van der Waals surface area (Å²) in [6.45, 7) is 2.10. The van der Waals surface area contributed by atoms with Crippen molar-refractivity contribution in [3.63, 3.8) is 0 Å². The third-order valence-corrected chi connectivity index (χ3v) is 11.6. The number of ether oxygens (including phenoxy) is 1. The van der Waals surface area contributed by atoms with E-state index in [0.29, 0.717) is 5.75 Å². The third-order valence-electron chi connectivity index (χ3n) is 6.96. The number of allylic oxidation sites excluding steroid dienone is 3. The lowest BCUT2D eigenvalue weighted by Gasteiger charge is -2.50. The minimum Gasteiger partial charge on any atom is -0.467 e. The van der Waals surface area contributed by atoms with Gasteiger partial charge in [-0.15, -0.1) is 0 Å². The number of benzene rings is 2. The molecule has 1 unspecified atom stereocenters. The molecule has 1 atom stereocenters. The Morgan fingerprint density at radius 1 is 0.875 bits per heavy atom. The average Bonchev–Trinajstić information content (AvgIpc) is 3.28. The van der Waals surface area contributed by atoms with Gasteiger partial charge in [-0.1, -0.05) is 11.6 Å². The second-order valence-corrected chi connectivity index (χ2v) is 12.6. The minimum atomic E-state index is -1.77. The van der Waals surface area contributed by atoms with Gasteiger partial charge in [0.15, 0.2) is 5.78 Å². The molecule has 5 heteroatoms. The van der Waals surface area contributed by atoms with Crippen molar-refractivity contribution >= 4 is 27.2 Å². The van der Waals surface area contributed by atoms with Gasteiger partial charge in [0.05, 0.1) is 11.8 Å². The molecule has 0 saturated carbocycles. The van der Waals surface area contributed by atoms with Gasteiger partial charge in [-0.25, -0.2) is 0 Å². The van der Waals surface area contributed by atoms with Crippen molar-refractivity contribution in [3.05, 3.63) is 83.9 Å². The highest BCUT2D eigenvalue weighted by Gasteiger charge is 2.64. The van der Waals surface area contributed by atoms with Crippen LogP contribution < -0.4 is 9.80 Å². The first-order valence-corrected chi connectivity index (χ1v) is 12.7. The van der Waals surface area contributed by atoms with Crippen LogP contribution in [-0.4, -0.2) is 44.5 Å². The summed E-state index contributed by atoms with van der Waals surface area (Å²) in [6, 6.07) is 17.6. The smallest absolute Gasteiger partial charge is 0.172 e. The maximum absolute atomic E-state index is 13.5. The Balaban J connectivity index is 1.78. The van der Waals surface area contributed by atoms with E-state index < -0.39 is 14.8 Å². The Morgan fingerprint density at radius 2 is 1.41 bits per heavy atom. The van der Waals surface area contributed by atoms with Crippen molar-refractivity contribution < 1.29 is 9.53 Å². The summed E-state index contributed by atoms with van der Waals surface area (Å²) >= 11 is 0. The first-order chi connectivity index (χ1) is 15.3. The normalized spacial score (nSPS) is 23.9. The highest BCUT2D eigenvalue weighted by molar-refractivity contribution is 8.36. The fraction of sp³-hybridized carbons (Fsp3) is 0.296. The van der Waals surface area contributed by atoms with Gasteiger partial charge in [0, 0.05) is 45.3 Å². The fourth-order valence-electron chi connectivity index (χ4n) is 5.23. The summed E-state index contributed by atoms with van der Waals surface area (Å²) in [7, 11) is 6.44. The summed E-state index contributed by atoms with van der Waals surface area (Å²) in [4.78, 5) is 20.2. The summed E-state index contributed by atoms with van der Waals surface area (Å²) in [5, 5.41) is 0. The number of carbonyl (C=O) groups excluding carboxylic acids is 1. The van der Waals surface area contributed by atoms with Gasteiger partial charge in [-0.2, -0.15) is 10.0 Å². The van der Waals surface area contributed by atoms with Crippen LogP contribution in [0.4, 0.5) is 11.4 Å². The van der Waals surface area contributed by atoms with E-state index in [-0.39, 0.29) is 5.78 Å². The number of rotatable bonds is 4. The largest absolute Gasteiger partial charge is 0.467 e. The first-order valence-electron chi connectivity index (χ1n) is 10.9. The molecule has 166 valence electrons. The van der Waals surface area contributed by atoms with Gasteiger partial charge in [-0.05, 0) is 77.7 Å². The van der Waals surface area contributed by atoms with Gasteiger partial charge >= 0.3 is 0 Å². The highest BCUT2D eigenvalue weighted by Crippen LogP contribution is 2.80. The molecule has 0 aromatic heterocycles. The first kappa shape index (κ1) is 21.0. The van der Waals surface area contributed by atoms with Crippen LogP contribution in [0, 0.1) is 0 Å². The summed E-state index contributed by atoms with van der Waals surface area (Å²) in [5.74, 6) is 1.67. The van der Waals surface area contributed by atoms with E-state index in [4.69, 9.17) is 4.74 Å². The zero-order chi connectivity index (χ0) is 22.7. The van der Waals surface area contributed by atoms with Crippen LogP contribution in [0.15, 0.2) is 93.6 Å². The van der Waals surface area contributed by atoms with Crippen molar-refractivity contribution in [1.82, 2.24) is 0 Å². The quantitative estimate of drug-likeness (QED) is 0.620. The van der Waals surface area contributed by atoms with E-state index in [2.05, 4.69) is 106 Å². The number of carbonyl (C=O) groups is 1. The van der Waals surface area contributed by atoms with Gasteiger partial charge in [0.25, 0.3) is 0 Å². The van der Waals surface area contributed by atoms with E-state index in [0.717, 1.165) is 29.1 Å². The molecule has 0 bridgehead atoms. The minimum absolute atomic E-state index is 0.213. The van der Waals surface area contributed by atoms with E-state index in [1.54, 1.807) is 6.26 Å². The molecule has 2 aromatic carbocycles. The van der Waals surface area contributed by atoms with E-state index in [1.165, 1.54) is 15.4 Å². The standard InChI is InChI=1S/C27H30N2O2S/c1-19-14-15-27-24(17-31-26(27)16-19)25(30)18-32(27,22-10-6-20(7-11-22)28(2)3)23-12-8-21(9-13-23)29(4)5/h6-14,16-17H,15,18H2,1-5H3. The molecular weight excluding hydrogens is 416 g/mol. The van der Waals surface area contributed by atoms with Crippen LogP contribution in [0.2, 0.25) is 0 Å². The maximum Gasteiger partial charge on any atom is 0.172 e. The number of hydrogen-bond donors (Lipinski definition) is 0. The molecule has 1 fully saturated rings.